The zero-order chi connectivity index (χ0) is 16.1. The average molecular weight is 309 g/mol. The Morgan fingerprint density at radius 3 is 2.87 bits per heavy atom. The van der Waals surface area contributed by atoms with E-state index in [4.69, 9.17) is 9.47 Å². The van der Waals surface area contributed by atoms with E-state index < -0.39 is 6.29 Å². The molecule has 2 aromatic carbocycles. The number of methoxy groups -OCH3 is 1. The van der Waals surface area contributed by atoms with Gasteiger partial charge < -0.3 is 19.6 Å². The third-order valence-corrected chi connectivity index (χ3v) is 4.21. The number of hydrogen-bond acceptors (Lipinski definition) is 4. The highest BCUT2D eigenvalue weighted by molar-refractivity contribution is 5.95. The fraction of sp³-hybridized carbons (Fsp3) is 0.167. The van der Waals surface area contributed by atoms with Crippen molar-refractivity contribution in [3.63, 3.8) is 0 Å². The SMILES string of the molecule is COc1cccc2c1-c1ccc3[nH]c(=O)cc(C)c3c1C(O)O2. The second-order valence-corrected chi connectivity index (χ2v) is 5.57. The van der Waals surface area contributed by atoms with E-state index in [-0.39, 0.29) is 5.56 Å². The van der Waals surface area contributed by atoms with Crippen LogP contribution < -0.4 is 15.0 Å². The van der Waals surface area contributed by atoms with Crippen LogP contribution in [-0.4, -0.2) is 17.2 Å². The van der Waals surface area contributed by atoms with Crippen LogP contribution in [0.3, 0.4) is 0 Å². The summed E-state index contributed by atoms with van der Waals surface area (Å²) in [5, 5.41) is 11.3. The molecule has 5 heteroatoms. The minimum Gasteiger partial charge on any atom is -0.496 e. The van der Waals surface area contributed by atoms with Gasteiger partial charge in [-0.3, -0.25) is 4.79 Å². The fourth-order valence-corrected chi connectivity index (χ4v) is 3.28. The highest BCUT2D eigenvalue weighted by atomic mass is 16.6. The average Bonchev–Trinajstić information content (AvgIpc) is 2.53. The molecule has 0 spiro atoms. The third-order valence-electron chi connectivity index (χ3n) is 4.21. The molecule has 5 nitrogen and oxygen atoms in total. The van der Waals surface area contributed by atoms with Gasteiger partial charge in [0.05, 0.1) is 12.7 Å². The molecule has 1 aliphatic heterocycles. The van der Waals surface area contributed by atoms with Crippen molar-refractivity contribution in [1.29, 1.82) is 0 Å². The number of nitrogens with one attached hydrogen (secondary N) is 1. The molecule has 1 atom stereocenters. The summed E-state index contributed by atoms with van der Waals surface area (Å²) in [5.41, 5.74) is 3.60. The van der Waals surface area contributed by atoms with Crippen molar-refractivity contribution < 1.29 is 14.6 Å². The van der Waals surface area contributed by atoms with Gasteiger partial charge in [-0.1, -0.05) is 12.1 Å². The molecule has 1 aromatic heterocycles. The van der Waals surface area contributed by atoms with E-state index in [0.29, 0.717) is 22.6 Å². The lowest BCUT2D eigenvalue weighted by Gasteiger charge is -2.28. The van der Waals surface area contributed by atoms with Gasteiger partial charge >= 0.3 is 0 Å². The van der Waals surface area contributed by atoms with Crippen molar-refractivity contribution >= 4 is 10.9 Å². The van der Waals surface area contributed by atoms with Gasteiger partial charge in [0.15, 0.2) is 0 Å². The maximum absolute atomic E-state index is 11.7. The first-order valence-corrected chi connectivity index (χ1v) is 7.29. The summed E-state index contributed by atoms with van der Waals surface area (Å²) in [6.07, 6.45) is -1.10. The summed E-state index contributed by atoms with van der Waals surface area (Å²) in [5.74, 6) is 1.25. The molecule has 0 saturated carbocycles. The lowest BCUT2D eigenvalue weighted by molar-refractivity contribution is -0.0202. The van der Waals surface area contributed by atoms with Gasteiger partial charge in [0, 0.05) is 22.5 Å². The first-order valence-electron chi connectivity index (χ1n) is 7.29. The van der Waals surface area contributed by atoms with Crippen molar-refractivity contribution in [2.24, 2.45) is 0 Å². The quantitative estimate of drug-likeness (QED) is 0.725. The van der Waals surface area contributed by atoms with Crippen LogP contribution >= 0.6 is 0 Å². The van der Waals surface area contributed by atoms with Crippen LogP contribution in [0.2, 0.25) is 0 Å². The number of aryl methyl sites for hydroxylation is 1. The number of H-pyrrole nitrogens is 1. The van der Waals surface area contributed by atoms with Crippen molar-refractivity contribution in [3.8, 4) is 22.6 Å². The minimum atomic E-state index is -1.10. The number of aliphatic hydroxyl groups is 1. The van der Waals surface area contributed by atoms with Crippen LogP contribution in [0.15, 0.2) is 41.2 Å². The molecule has 0 amide bonds. The number of benzene rings is 2. The molecule has 1 unspecified atom stereocenters. The number of ether oxygens (including phenoxy) is 2. The number of aromatic nitrogens is 1. The van der Waals surface area contributed by atoms with Gasteiger partial charge in [-0.25, -0.2) is 0 Å². The van der Waals surface area contributed by atoms with Gasteiger partial charge in [0.2, 0.25) is 11.8 Å². The van der Waals surface area contributed by atoms with Crippen LogP contribution in [0.4, 0.5) is 0 Å². The number of aliphatic hydroxyl groups excluding tert-OH is 1. The summed E-state index contributed by atoms with van der Waals surface area (Å²) in [6.45, 7) is 1.85. The minimum absolute atomic E-state index is 0.167. The van der Waals surface area contributed by atoms with Gasteiger partial charge in [-0.2, -0.15) is 0 Å². The topological polar surface area (TPSA) is 71.6 Å². The van der Waals surface area contributed by atoms with E-state index in [1.54, 1.807) is 13.2 Å². The molecular weight excluding hydrogens is 294 g/mol. The van der Waals surface area contributed by atoms with Gasteiger partial charge in [0.1, 0.15) is 11.5 Å². The standard InChI is InChI=1S/C18H15NO4/c1-9-8-14(20)19-11-7-6-10-16-12(22-2)4-3-5-13(16)23-18(21)17(10)15(9)11/h3-8,18,21H,1-2H3,(H,19,20). The Balaban J connectivity index is 2.15. The van der Waals surface area contributed by atoms with Crippen LogP contribution in [-0.2, 0) is 0 Å². The summed E-state index contributed by atoms with van der Waals surface area (Å²) in [7, 11) is 1.60. The zero-order valence-corrected chi connectivity index (χ0v) is 12.7. The maximum Gasteiger partial charge on any atom is 0.248 e. The normalized spacial score (nSPS) is 15.7. The van der Waals surface area contributed by atoms with E-state index in [1.807, 2.05) is 31.2 Å². The molecule has 3 aromatic rings. The second-order valence-electron chi connectivity index (χ2n) is 5.57. The Hall–Kier alpha value is -2.79. The number of rotatable bonds is 1. The van der Waals surface area contributed by atoms with E-state index >= 15 is 0 Å². The van der Waals surface area contributed by atoms with Crippen molar-refractivity contribution in [2.45, 2.75) is 13.2 Å². The lowest BCUT2D eigenvalue weighted by atomic mass is 9.90. The number of hydrogen-bond donors (Lipinski definition) is 2. The molecular formula is C18H15NO4. The van der Waals surface area contributed by atoms with Crippen LogP contribution in [0.25, 0.3) is 22.0 Å². The fourth-order valence-electron chi connectivity index (χ4n) is 3.28. The predicted octanol–water partition coefficient (Wildman–Crippen LogP) is 2.90. The van der Waals surface area contributed by atoms with Crippen molar-refractivity contribution in [2.75, 3.05) is 7.11 Å². The highest BCUT2D eigenvalue weighted by Gasteiger charge is 2.29. The Labute approximate surface area is 132 Å². The molecule has 0 fully saturated rings. The van der Waals surface area contributed by atoms with E-state index in [2.05, 4.69) is 4.98 Å². The molecule has 0 bridgehead atoms. The van der Waals surface area contributed by atoms with Crippen molar-refractivity contribution in [3.05, 3.63) is 57.9 Å². The van der Waals surface area contributed by atoms with Crippen LogP contribution in [0.5, 0.6) is 11.5 Å². The number of fused-ring (bicyclic) bond motifs is 5. The molecule has 2 N–H and O–H groups in total. The first kappa shape index (κ1) is 13.8. The summed E-state index contributed by atoms with van der Waals surface area (Å²) in [4.78, 5) is 14.5. The number of aromatic amines is 1. The summed E-state index contributed by atoms with van der Waals surface area (Å²) >= 11 is 0. The molecule has 0 aliphatic carbocycles. The smallest absolute Gasteiger partial charge is 0.248 e. The van der Waals surface area contributed by atoms with E-state index in [1.165, 1.54) is 6.07 Å². The second kappa shape index (κ2) is 4.86. The Morgan fingerprint density at radius 2 is 2.09 bits per heavy atom. The Kier molecular flexibility index (Phi) is 2.92. The maximum atomic E-state index is 11.7. The molecule has 1 aliphatic rings. The zero-order valence-electron chi connectivity index (χ0n) is 12.7. The third kappa shape index (κ3) is 1.94. The molecule has 4 rings (SSSR count). The van der Waals surface area contributed by atoms with E-state index in [0.717, 1.165) is 22.1 Å². The van der Waals surface area contributed by atoms with Crippen LogP contribution in [0, 0.1) is 6.92 Å². The van der Waals surface area contributed by atoms with Gasteiger partial charge in [-0.15, -0.1) is 0 Å². The predicted molar refractivity (Wildman–Crippen MR) is 86.9 cm³/mol. The molecule has 23 heavy (non-hydrogen) atoms. The van der Waals surface area contributed by atoms with E-state index in [9.17, 15) is 9.90 Å². The van der Waals surface area contributed by atoms with Gasteiger partial charge in [0.25, 0.3) is 0 Å². The lowest BCUT2D eigenvalue weighted by Crippen LogP contribution is -2.16. The van der Waals surface area contributed by atoms with Crippen LogP contribution in [0.1, 0.15) is 17.4 Å². The number of pyridine rings is 1. The summed E-state index contributed by atoms with van der Waals surface area (Å²) < 4.78 is 11.1. The molecule has 0 radical (unpaired) electrons. The monoisotopic (exact) mass is 309 g/mol. The largest absolute Gasteiger partial charge is 0.496 e. The Bertz CT molecular complexity index is 990. The summed E-state index contributed by atoms with van der Waals surface area (Å²) in [6, 6.07) is 10.7. The van der Waals surface area contributed by atoms with Gasteiger partial charge in [-0.05, 0) is 36.2 Å². The Morgan fingerprint density at radius 1 is 1.26 bits per heavy atom. The van der Waals surface area contributed by atoms with Crippen molar-refractivity contribution in [1.82, 2.24) is 4.98 Å². The first-order chi connectivity index (χ1) is 11.1. The highest BCUT2D eigenvalue weighted by Crippen LogP contribution is 2.48. The molecule has 116 valence electrons. The molecule has 2 heterocycles. The molecule has 0 saturated heterocycles.